The third-order valence-corrected chi connectivity index (χ3v) is 14.4. The Kier molecular flexibility index (Phi) is 6.29. The van der Waals surface area contributed by atoms with Crippen molar-refractivity contribution >= 4 is 51.9 Å². The van der Waals surface area contributed by atoms with E-state index < -0.39 is 8.07 Å². The van der Waals surface area contributed by atoms with Gasteiger partial charge in [-0.15, -0.1) is 0 Å². The topological polar surface area (TPSA) is 18.5 Å². The number of fused-ring (bicyclic) bond motifs is 4. The Balaban J connectivity index is 1.33. The summed E-state index contributed by atoms with van der Waals surface area (Å²) in [4.78, 5) is 0. The van der Waals surface area contributed by atoms with Gasteiger partial charge in [0.2, 0.25) is 0 Å². The molecule has 0 fully saturated rings. The second kappa shape index (κ2) is 10.8. The van der Waals surface area contributed by atoms with Crippen molar-refractivity contribution < 1.29 is 9.47 Å². The van der Waals surface area contributed by atoms with Crippen LogP contribution in [0.5, 0.6) is 23.0 Å². The zero-order valence-electron chi connectivity index (χ0n) is 25.1. The second-order valence-electron chi connectivity index (χ2n) is 12.0. The molecule has 0 spiro atoms. The highest BCUT2D eigenvalue weighted by molar-refractivity contribution is 7.20. The van der Waals surface area contributed by atoms with Gasteiger partial charge in [-0.1, -0.05) is 152 Å². The molecule has 0 radical (unpaired) electrons. The lowest BCUT2D eigenvalue weighted by molar-refractivity contribution is 0.465. The van der Waals surface area contributed by atoms with E-state index in [4.69, 9.17) is 9.47 Å². The van der Waals surface area contributed by atoms with Gasteiger partial charge in [0.05, 0.1) is 0 Å². The number of benzene rings is 7. The average Bonchev–Trinajstić information content (AvgIpc) is 3.13. The van der Waals surface area contributed by atoms with E-state index in [0.29, 0.717) is 0 Å². The molecule has 46 heavy (non-hydrogen) atoms. The maximum Gasteiger partial charge on any atom is 0.260 e. The molecule has 7 aromatic carbocycles. The van der Waals surface area contributed by atoms with E-state index in [9.17, 15) is 0 Å². The highest BCUT2D eigenvalue weighted by Crippen LogP contribution is 2.38. The fourth-order valence-corrected chi connectivity index (χ4v) is 12.6. The Morgan fingerprint density at radius 1 is 0.391 bits per heavy atom. The number of hydrogen-bond donors (Lipinski definition) is 0. The summed E-state index contributed by atoms with van der Waals surface area (Å²) in [5, 5.41) is 5.36. The normalized spacial score (nSPS) is 12.7. The molecular formula is C42H29BO2Si. The zero-order chi connectivity index (χ0) is 30.5. The van der Waals surface area contributed by atoms with E-state index in [-0.39, 0.29) is 6.71 Å². The first-order chi connectivity index (χ1) is 22.8. The van der Waals surface area contributed by atoms with Crippen LogP contribution in [0.25, 0.3) is 11.1 Å². The molecule has 0 saturated heterocycles. The Bertz CT molecular complexity index is 2050. The Labute approximate surface area is 270 Å². The van der Waals surface area contributed by atoms with Crippen LogP contribution in [0.15, 0.2) is 176 Å². The molecule has 0 amide bonds. The van der Waals surface area contributed by atoms with Crippen molar-refractivity contribution in [2.45, 2.75) is 0 Å². The molecule has 0 bridgehead atoms. The molecule has 0 N–H and O–H groups in total. The molecule has 2 nitrogen and oxygen atoms in total. The summed E-state index contributed by atoms with van der Waals surface area (Å²) in [6.45, 7) is 0.0515. The average molecular weight is 605 g/mol. The first-order valence-corrected chi connectivity index (χ1v) is 17.8. The van der Waals surface area contributed by atoms with Crippen LogP contribution in [-0.4, -0.2) is 14.8 Å². The number of hydrogen-bond acceptors (Lipinski definition) is 2. The van der Waals surface area contributed by atoms with Gasteiger partial charge in [-0.25, -0.2) is 0 Å². The molecule has 2 heterocycles. The SMILES string of the molecule is c1ccc([Si](c2ccccc2)(c2ccccc2)c2ccccc2-c2cc3c4c(c2)Oc2ccccc2B4c2ccccc2O3)cc1. The summed E-state index contributed by atoms with van der Waals surface area (Å²) >= 11 is 0. The van der Waals surface area contributed by atoms with Gasteiger partial charge in [0.25, 0.3) is 6.71 Å². The largest absolute Gasteiger partial charge is 0.458 e. The molecule has 0 unspecified atom stereocenters. The van der Waals surface area contributed by atoms with E-state index >= 15 is 0 Å². The molecule has 2 aliphatic heterocycles. The van der Waals surface area contributed by atoms with Crippen LogP contribution in [0.3, 0.4) is 0 Å². The summed E-state index contributed by atoms with van der Waals surface area (Å²) in [6.07, 6.45) is 0. The molecule has 9 rings (SSSR count). The van der Waals surface area contributed by atoms with Gasteiger partial charge in [-0.3, -0.25) is 0 Å². The van der Waals surface area contributed by atoms with Gasteiger partial charge >= 0.3 is 0 Å². The third kappa shape index (κ3) is 4.04. The molecule has 0 aromatic heterocycles. The first kappa shape index (κ1) is 26.8. The fourth-order valence-electron chi connectivity index (χ4n) is 7.64. The lowest BCUT2D eigenvalue weighted by Gasteiger charge is -2.36. The van der Waals surface area contributed by atoms with E-state index in [1.807, 2.05) is 0 Å². The van der Waals surface area contributed by atoms with Crippen LogP contribution >= 0.6 is 0 Å². The van der Waals surface area contributed by atoms with Crippen molar-refractivity contribution in [1.29, 1.82) is 0 Å². The molecule has 0 saturated carbocycles. The maximum atomic E-state index is 6.71. The van der Waals surface area contributed by atoms with Crippen LogP contribution in [0, 0.1) is 0 Å². The smallest absolute Gasteiger partial charge is 0.260 e. The standard InChI is InChI=1S/C42H29BO2Si/c1-4-16-31(17-5-1)46(32-18-6-2-7-19-32,33-20-8-3-9-21-33)41-27-15-10-22-34(41)30-28-39-42-40(29-30)45-38-26-14-12-24-36(38)43(42)35-23-11-13-25-37(35)44-39/h1-29H. The van der Waals surface area contributed by atoms with Crippen molar-refractivity contribution in [3.05, 3.63) is 176 Å². The van der Waals surface area contributed by atoms with Crippen molar-refractivity contribution in [2.75, 3.05) is 0 Å². The van der Waals surface area contributed by atoms with Crippen molar-refractivity contribution in [3.8, 4) is 34.1 Å². The van der Waals surface area contributed by atoms with Crippen LogP contribution < -0.4 is 46.6 Å². The lowest BCUT2D eigenvalue weighted by atomic mass is 9.35. The van der Waals surface area contributed by atoms with E-state index in [1.165, 1.54) is 37.2 Å². The van der Waals surface area contributed by atoms with Gasteiger partial charge in [0.15, 0.2) is 8.07 Å². The molecular weight excluding hydrogens is 575 g/mol. The molecule has 2 aliphatic rings. The van der Waals surface area contributed by atoms with Crippen LogP contribution in [0.1, 0.15) is 0 Å². The Morgan fingerprint density at radius 2 is 0.804 bits per heavy atom. The summed E-state index contributed by atoms with van der Waals surface area (Å²) in [5.41, 5.74) is 5.71. The Hall–Kier alpha value is -5.58. The summed E-state index contributed by atoms with van der Waals surface area (Å²) < 4.78 is 13.4. The zero-order valence-corrected chi connectivity index (χ0v) is 26.1. The van der Waals surface area contributed by atoms with Gasteiger partial charge in [-0.2, -0.15) is 0 Å². The number of rotatable bonds is 5. The highest BCUT2D eigenvalue weighted by Gasteiger charge is 2.44. The summed E-state index contributed by atoms with van der Waals surface area (Å²) in [7, 11) is -2.79. The molecule has 216 valence electrons. The lowest BCUT2D eigenvalue weighted by Crippen LogP contribution is -2.75. The molecule has 7 aromatic rings. The number of para-hydroxylation sites is 2. The van der Waals surface area contributed by atoms with Crippen molar-refractivity contribution in [1.82, 2.24) is 0 Å². The quantitative estimate of drug-likeness (QED) is 0.192. The molecule has 0 aliphatic carbocycles. The van der Waals surface area contributed by atoms with Gasteiger partial charge < -0.3 is 9.47 Å². The second-order valence-corrected chi connectivity index (χ2v) is 15.8. The minimum atomic E-state index is -2.79. The van der Waals surface area contributed by atoms with E-state index in [2.05, 4.69) is 176 Å². The number of ether oxygens (including phenoxy) is 2. The minimum Gasteiger partial charge on any atom is -0.458 e. The fraction of sp³-hybridized carbons (Fsp3) is 0. The summed E-state index contributed by atoms with van der Waals surface area (Å²) in [5.74, 6) is 3.50. The summed E-state index contributed by atoms with van der Waals surface area (Å²) in [6, 6.07) is 63.4. The van der Waals surface area contributed by atoms with Gasteiger partial charge in [-0.05, 0) is 67.1 Å². The molecule has 4 heteroatoms. The van der Waals surface area contributed by atoms with Crippen molar-refractivity contribution in [2.24, 2.45) is 0 Å². The highest BCUT2D eigenvalue weighted by atomic mass is 28.3. The Morgan fingerprint density at radius 3 is 1.30 bits per heavy atom. The van der Waals surface area contributed by atoms with Crippen LogP contribution in [0.4, 0.5) is 0 Å². The van der Waals surface area contributed by atoms with Crippen molar-refractivity contribution in [3.63, 3.8) is 0 Å². The minimum absolute atomic E-state index is 0.0515. The molecule has 0 atom stereocenters. The maximum absolute atomic E-state index is 6.71. The van der Waals surface area contributed by atoms with Gasteiger partial charge in [0.1, 0.15) is 23.0 Å². The third-order valence-electron chi connectivity index (χ3n) is 9.56. The van der Waals surface area contributed by atoms with Crippen LogP contribution in [0.2, 0.25) is 0 Å². The first-order valence-electron chi connectivity index (χ1n) is 15.8. The van der Waals surface area contributed by atoms with Crippen LogP contribution in [-0.2, 0) is 0 Å². The predicted molar refractivity (Wildman–Crippen MR) is 193 cm³/mol. The monoisotopic (exact) mass is 604 g/mol. The van der Waals surface area contributed by atoms with Gasteiger partial charge in [0, 0.05) is 5.46 Å². The van der Waals surface area contributed by atoms with E-state index in [0.717, 1.165) is 34.0 Å². The predicted octanol–water partition coefficient (Wildman–Crippen LogP) is 5.46. The van der Waals surface area contributed by atoms with E-state index in [1.54, 1.807) is 0 Å².